The van der Waals surface area contributed by atoms with Crippen molar-refractivity contribution in [2.24, 2.45) is 5.92 Å². The molecule has 0 saturated carbocycles. The lowest BCUT2D eigenvalue weighted by Gasteiger charge is -2.33. The second-order valence-corrected chi connectivity index (χ2v) is 9.14. The van der Waals surface area contributed by atoms with Crippen LogP contribution in [0.3, 0.4) is 0 Å². The molecular formula is C24H28BClN4. The molecule has 0 spiro atoms. The van der Waals surface area contributed by atoms with Gasteiger partial charge < -0.3 is 4.90 Å². The lowest BCUT2D eigenvalue weighted by molar-refractivity contribution is 0.413. The van der Waals surface area contributed by atoms with Gasteiger partial charge in [-0.15, -0.1) is 0 Å². The quantitative estimate of drug-likeness (QED) is 0.596. The highest BCUT2D eigenvalue weighted by molar-refractivity contribution is 6.37. The van der Waals surface area contributed by atoms with E-state index in [2.05, 4.69) is 63.2 Å². The molecule has 0 bridgehead atoms. The van der Waals surface area contributed by atoms with E-state index in [-0.39, 0.29) is 0 Å². The Hall–Kier alpha value is -2.45. The van der Waals surface area contributed by atoms with Crippen LogP contribution in [-0.2, 0) is 0 Å². The molecule has 0 N–H and O–H groups in total. The van der Waals surface area contributed by atoms with Gasteiger partial charge in [-0.05, 0) is 69.7 Å². The molecular weight excluding hydrogens is 391 g/mol. The van der Waals surface area contributed by atoms with Gasteiger partial charge >= 0.3 is 0 Å². The number of nitriles is 1. The van der Waals surface area contributed by atoms with Crippen LogP contribution in [0.1, 0.15) is 41.8 Å². The van der Waals surface area contributed by atoms with Crippen LogP contribution in [0, 0.1) is 44.9 Å². The van der Waals surface area contributed by atoms with Crippen LogP contribution >= 0.6 is 11.6 Å². The average molecular weight is 419 g/mol. The third kappa shape index (κ3) is 3.48. The predicted molar refractivity (Wildman–Crippen MR) is 128 cm³/mol. The summed E-state index contributed by atoms with van der Waals surface area (Å²) in [4.78, 5) is 7.45. The summed E-state index contributed by atoms with van der Waals surface area (Å²) < 4.78 is 2.24. The number of piperidine rings is 1. The zero-order valence-electron chi connectivity index (χ0n) is 18.5. The van der Waals surface area contributed by atoms with E-state index >= 15 is 0 Å². The summed E-state index contributed by atoms with van der Waals surface area (Å²) in [6, 6.07) is 8.76. The van der Waals surface area contributed by atoms with Gasteiger partial charge in [0.05, 0.1) is 16.8 Å². The molecule has 4 nitrogen and oxygen atoms in total. The number of aryl methyl sites for hydroxylation is 3. The highest BCUT2D eigenvalue weighted by atomic mass is 35.5. The van der Waals surface area contributed by atoms with E-state index in [9.17, 15) is 0 Å². The minimum absolute atomic E-state index is 0.520. The highest BCUT2D eigenvalue weighted by Crippen LogP contribution is 2.38. The first-order valence-corrected chi connectivity index (χ1v) is 11.1. The second kappa shape index (κ2) is 8.00. The van der Waals surface area contributed by atoms with E-state index in [1.165, 1.54) is 22.3 Å². The van der Waals surface area contributed by atoms with Crippen LogP contribution in [-0.4, -0.2) is 30.5 Å². The van der Waals surface area contributed by atoms with Crippen molar-refractivity contribution >= 4 is 41.6 Å². The van der Waals surface area contributed by atoms with E-state index in [4.69, 9.17) is 21.8 Å². The first-order chi connectivity index (χ1) is 14.3. The summed E-state index contributed by atoms with van der Waals surface area (Å²) in [7, 11) is 2.07. The Labute approximate surface area is 184 Å². The standard InChI is InChI=1S/C24H28BClN4/c1-14-11-19(25)13-20(26)23(14)30-17(4)16(3)22-21(12-15(2)28-24(22)30)29-9-6-18(5-8-27)7-10-29/h11-13,18H,5-7,9-10,25H2,1-4H3. The molecule has 154 valence electrons. The Balaban J connectivity index is 1.89. The first-order valence-electron chi connectivity index (χ1n) is 10.7. The third-order valence-corrected chi connectivity index (χ3v) is 6.82. The molecule has 30 heavy (non-hydrogen) atoms. The molecule has 1 fully saturated rings. The fourth-order valence-corrected chi connectivity index (χ4v) is 5.30. The Morgan fingerprint density at radius 3 is 2.50 bits per heavy atom. The van der Waals surface area contributed by atoms with Gasteiger partial charge in [0.1, 0.15) is 13.5 Å². The minimum atomic E-state index is 0.520. The lowest BCUT2D eigenvalue weighted by Crippen LogP contribution is -2.33. The van der Waals surface area contributed by atoms with Crippen LogP contribution in [0.5, 0.6) is 0 Å². The molecule has 0 aliphatic carbocycles. The topological polar surface area (TPSA) is 44.9 Å². The van der Waals surface area contributed by atoms with Gasteiger partial charge in [0.15, 0.2) is 0 Å². The SMILES string of the molecule is Bc1cc(C)c(-n2c(C)c(C)c3c(N4CCC(CC#N)CC4)cc(C)nc32)c(Cl)c1. The molecule has 3 aromatic rings. The third-order valence-electron chi connectivity index (χ3n) is 6.53. The van der Waals surface area contributed by atoms with E-state index in [1.54, 1.807) is 0 Å². The van der Waals surface area contributed by atoms with Gasteiger partial charge in [-0.1, -0.05) is 23.1 Å². The van der Waals surface area contributed by atoms with Crippen LogP contribution in [0.2, 0.25) is 5.02 Å². The second-order valence-electron chi connectivity index (χ2n) is 8.73. The number of aromatic nitrogens is 2. The lowest BCUT2D eigenvalue weighted by atomic mass is 9.93. The minimum Gasteiger partial charge on any atom is -0.371 e. The summed E-state index contributed by atoms with van der Waals surface area (Å²) in [6.45, 7) is 10.5. The number of fused-ring (bicyclic) bond motifs is 1. The van der Waals surface area contributed by atoms with Crippen molar-refractivity contribution in [3.8, 4) is 11.8 Å². The first kappa shape index (κ1) is 20.8. The summed E-state index contributed by atoms with van der Waals surface area (Å²) in [5, 5.41) is 11.0. The van der Waals surface area contributed by atoms with Crippen LogP contribution in [0.25, 0.3) is 16.7 Å². The normalized spacial score (nSPS) is 15.0. The molecule has 1 aromatic carbocycles. The zero-order chi connectivity index (χ0) is 21.6. The molecule has 6 heteroatoms. The monoisotopic (exact) mass is 418 g/mol. The molecule has 3 heterocycles. The van der Waals surface area contributed by atoms with Crippen molar-refractivity contribution in [1.82, 2.24) is 9.55 Å². The number of halogens is 1. The van der Waals surface area contributed by atoms with Crippen molar-refractivity contribution in [3.05, 3.63) is 45.7 Å². The predicted octanol–water partition coefficient (Wildman–Crippen LogP) is 4.30. The van der Waals surface area contributed by atoms with E-state index in [1.807, 2.05) is 6.07 Å². The molecule has 0 radical (unpaired) electrons. The number of hydrogen-bond donors (Lipinski definition) is 0. The Bertz CT molecular complexity index is 1140. The van der Waals surface area contributed by atoms with Crippen LogP contribution < -0.4 is 10.4 Å². The van der Waals surface area contributed by atoms with Gasteiger partial charge in [-0.2, -0.15) is 5.26 Å². The largest absolute Gasteiger partial charge is 0.371 e. The molecule has 1 saturated heterocycles. The molecule has 0 unspecified atom stereocenters. The van der Waals surface area contributed by atoms with E-state index < -0.39 is 0 Å². The van der Waals surface area contributed by atoms with Crippen molar-refractivity contribution < 1.29 is 0 Å². The maximum atomic E-state index is 9.03. The van der Waals surface area contributed by atoms with E-state index in [0.717, 1.165) is 59.0 Å². The molecule has 4 rings (SSSR count). The number of rotatable bonds is 3. The molecule has 1 aliphatic rings. The number of hydrogen-bond acceptors (Lipinski definition) is 3. The summed E-state index contributed by atoms with van der Waals surface area (Å²) in [6.07, 6.45) is 2.80. The number of pyridine rings is 1. The number of anilines is 1. The summed E-state index contributed by atoms with van der Waals surface area (Å²) in [5.41, 5.74) is 9.02. The molecule has 0 atom stereocenters. The van der Waals surface area contributed by atoms with Crippen molar-refractivity contribution in [2.75, 3.05) is 18.0 Å². The van der Waals surface area contributed by atoms with Crippen molar-refractivity contribution in [1.29, 1.82) is 5.26 Å². The van der Waals surface area contributed by atoms with Gasteiger partial charge in [-0.3, -0.25) is 4.57 Å². The van der Waals surface area contributed by atoms with Crippen LogP contribution in [0.15, 0.2) is 18.2 Å². The molecule has 0 amide bonds. The average Bonchev–Trinajstić information content (AvgIpc) is 2.92. The fraction of sp³-hybridized carbons (Fsp3) is 0.417. The fourth-order valence-electron chi connectivity index (χ4n) is 4.89. The highest BCUT2D eigenvalue weighted by Gasteiger charge is 2.25. The number of nitrogens with zero attached hydrogens (tertiary/aromatic N) is 4. The van der Waals surface area contributed by atoms with Crippen molar-refractivity contribution in [3.63, 3.8) is 0 Å². The maximum Gasteiger partial charge on any atom is 0.147 e. The molecule has 2 aromatic heterocycles. The van der Waals surface area contributed by atoms with Gasteiger partial charge in [0, 0.05) is 42.0 Å². The van der Waals surface area contributed by atoms with Gasteiger partial charge in [-0.25, -0.2) is 4.98 Å². The molecule has 1 aliphatic heterocycles. The number of benzene rings is 1. The summed E-state index contributed by atoms with van der Waals surface area (Å²) >= 11 is 6.74. The van der Waals surface area contributed by atoms with Crippen molar-refractivity contribution in [2.45, 2.75) is 47.0 Å². The van der Waals surface area contributed by atoms with Crippen LogP contribution in [0.4, 0.5) is 5.69 Å². The van der Waals surface area contributed by atoms with Gasteiger partial charge in [0.25, 0.3) is 0 Å². The summed E-state index contributed by atoms with van der Waals surface area (Å²) in [5.74, 6) is 0.520. The van der Waals surface area contributed by atoms with E-state index in [0.29, 0.717) is 12.3 Å². The maximum absolute atomic E-state index is 9.03. The van der Waals surface area contributed by atoms with Gasteiger partial charge in [0.2, 0.25) is 0 Å². The smallest absolute Gasteiger partial charge is 0.147 e. The Morgan fingerprint density at radius 2 is 1.87 bits per heavy atom. The zero-order valence-corrected chi connectivity index (χ0v) is 19.3. The Kier molecular flexibility index (Phi) is 5.55. The Morgan fingerprint density at radius 1 is 1.17 bits per heavy atom.